The highest BCUT2D eigenvalue weighted by molar-refractivity contribution is 6.20. The lowest BCUT2D eigenvalue weighted by Gasteiger charge is -2.34. The number of anilines is 1. The third-order valence-corrected chi connectivity index (χ3v) is 4.59. The molecule has 1 N–H and O–H groups in total. The lowest BCUT2D eigenvalue weighted by molar-refractivity contribution is 0.356. The van der Waals surface area contributed by atoms with Gasteiger partial charge in [0.1, 0.15) is 5.75 Å². The smallest absolute Gasteiger partial charge is 0.119 e. The Morgan fingerprint density at radius 2 is 2.11 bits per heavy atom. The molecule has 18 heavy (non-hydrogen) atoms. The van der Waals surface area contributed by atoms with Crippen LogP contribution in [0.2, 0.25) is 0 Å². The van der Waals surface area contributed by atoms with E-state index in [0.717, 1.165) is 12.2 Å². The Morgan fingerprint density at radius 3 is 2.78 bits per heavy atom. The molecular weight excluding hydrogens is 246 g/mol. The van der Waals surface area contributed by atoms with Gasteiger partial charge in [0.2, 0.25) is 0 Å². The van der Waals surface area contributed by atoms with E-state index in [9.17, 15) is 0 Å². The van der Waals surface area contributed by atoms with E-state index in [2.05, 4.69) is 31.3 Å². The van der Waals surface area contributed by atoms with Crippen LogP contribution >= 0.6 is 11.6 Å². The monoisotopic (exact) mass is 267 g/mol. The molecule has 0 spiro atoms. The molecule has 2 rings (SSSR count). The number of rotatable bonds is 3. The van der Waals surface area contributed by atoms with E-state index in [1.54, 1.807) is 7.11 Å². The first-order valence-electron chi connectivity index (χ1n) is 6.67. The molecule has 0 aliphatic heterocycles. The summed E-state index contributed by atoms with van der Waals surface area (Å²) in [5.41, 5.74) is 2.41. The maximum absolute atomic E-state index is 6.36. The molecule has 3 unspecified atom stereocenters. The molecule has 2 nitrogen and oxygen atoms in total. The van der Waals surface area contributed by atoms with Gasteiger partial charge in [0.15, 0.2) is 0 Å². The van der Waals surface area contributed by atoms with Crippen LogP contribution < -0.4 is 10.1 Å². The van der Waals surface area contributed by atoms with E-state index in [-0.39, 0.29) is 0 Å². The molecule has 1 fully saturated rings. The number of hydrogen-bond acceptors (Lipinski definition) is 2. The van der Waals surface area contributed by atoms with Gasteiger partial charge < -0.3 is 10.1 Å². The van der Waals surface area contributed by atoms with Crippen LogP contribution in [-0.4, -0.2) is 18.5 Å². The molecule has 1 aromatic carbocycles. The zero-order valence-corrected chi connectivity index (χ0v) is 12.1. The number of nitrogens with one attached hydrogen (secondary N) is 1. The summed E-state index contributed by atoms with van der Waals surface area (Å²) in [5, 5.41) is 3.94. The van der Waals surface area contributed by atoms with Gasteiger partial charge in [-0.2, -0.15) is 0 Å². The van der Waals surface area contributed by atoms with Crippen molar-refractivity contribution in [3.63, 3.8) is 0 Å². The van der Waals surface area contributed by atoms with Gasteiger partial charge in [-0.05, 0) is 55.9 Å². The fourth-order valence-corrected chi connectivity index (χ4v) is 2.97. The fourth-order valence-electron chi connectivity index (χ4n) is 2.64. The van der Waals surface area contributed by atoms with Crippen molar-refractivity contribution < 1.29 is 4.74 Å². The lowest BCUT2D eigenvalue weighted by atomic mass is 9.85. The third-order valence-electron chi connectivity index (χ3n) is 3.97. The van der Waals surface area contributed by atoms with Gasteiger partial charge in [-0.25, -0.2) is 0 Å². The van der Waals surface area contributed by atoms with Crippen LogP contribution in [0.25, 0.3) is 0 Å². The molecule has 0 radical (unpaired) electrons. The van der Waals surface area contributed by atoms with Gasteiger partial charge in [0, 0.05) is 17.1 Å². The van der Waals surface area contributed by atoms with Crippen molar-refractivity contribution in [2.24, 2.45) is 5.92 Å². The van der Waals surface area contributed by atoms with Crippen molar-refractivity contribution in [3.05, 3.63) is 23.8 Å². The number of alkyl halides is 1. The average molecular weight is 268 g/mol. The first kappa shape index (κ1) is 13.5. The normalized spacial score (nSPS) is 27.9. The van der Waals surface area contributed by atoms with Crippen molar-refractivity contribution in [2.45, 2.75) is 44.5 Å². The quantitative estimate of drug-likeness (QED) is 0.829. The number of ether oxygens (including phenoxy) is 1. The van der Waals surface area contributed by atoms with Crippen LogP contribution in [0.15, 0.2) is 18.2 Å². The summed E-state index contributed by atoms with van der Waals surface area (Å²) >= 11 is 6.36. The topological polar surface area (TPSA) is 21.3 Å². The van der Waals surface area contributed by atoms with E-state index in [0.29, 0.717) is 17.3 Å². The third kappa shape index (κ3) is 2.92. The maximum Gasteiger partial charge on any atom is 0.119 e. The second-order valence-corrected chi connectivity index (χ2v) is 5.80. The highest BCUT2D eigenvalue weighted by Crippen LogP contribution is 2.32. The number of hydrogen-bond donors (Lipinski definition) is 1. The molecule has 0 saturated heterocycles. The minimum absolute atomic E-state index is 0.301. The van der Waals surface area contributed by atoms with Gasteiger partial charge in [-0.3, -0.25) is 0 Å². The largest absolute Gasteiger partial charge is 0.497 e. The fraction of sp³-hybridized carbons (Fsp3) is 0.600. The van der Waals surface area contributed by atoms with Crippen molar-refractivity contribution >= 4 is 17.3 Å². The van der Waals surface area contributed by atoms with Gasteiger partial charge in [-0.1, -0.05) is 6.92 Å². The van der Waals surface area contributed by atoms with E-state index in [1.165, 1.54) is 24.1 Å². The summed E-state index contributed by atoms with van der Waals surface area (Å²) in [4.78, 5) is 0. The van der Waals surface area contributed by atoms with Crippen molar-refractivity contribution in [2.75, 3.05) is 12.4 Å². The number of benzene rings is 1. The summed E-state index contributed by atoms with van der Waals surface area (Å²) in [5.74, 6) is 1.42. The Balaban J connectivity index is 2.09. The molecule has 0 bridgehead atoms. The van der Waals surface area contributed by atoms with Crippen molar-refractivity contribution in [1.82, 2.24) is 0 Å². The zero-order chi connectivity index (χ0) is 13.1. The molecule has 1 saturated carbocycles. The Kier molecular flexibility index (Phi) is 4.39. The Morgan fingerprint density at radius 1 is 1.33 bits per heavy atom. The average Bonchev–Trinajstić information content (AvgIpc) is 2.37. The van der Waals surface area contributed by atoms with Crippen molar-refractivity contribution in [3.8, 4) is 5.75 Å². The van der Waals surface area contributed by atoms with Crippen LogP contribution in [0.1, 0.15) is 31.7 Å². The van der Waals surface area contributed by atoms with Gasteiger partial charge in [0.25, 0.3) is 0 Å². The first-order valence-corrected chi connectivity index (χ1v) is 7.10. The highest BCUT2D eigenvalue weighted by atomic mass is 35.5. The minimum Gasteiger partial charge on any atom is -0.497 e. The molecule has 0 aromatic heterocycles. The number of halogens is 1. The van der Waals surface area contributed by atoms with E-state index in [4.69, 9.17) is 16.3 Å². The molecule has 3 atom stereocenters. The Hall–Kier alpha value is -0.890. The van der Waals surface area contributed by atoms with E-state index in [1.807, 2.05) is 6.07 Å². The molecule has 100 valence electrons. The summed E-state index contributed by atoms with van der Waals surface area (Å²) in [6.45, 7) is 4.35. The molecule has 1 aromatic rings. The van der Waals surface area contributed by atoms with Gasteiger partial charge in [0.05, 0.1) is 7.11 Å². The van der Waals surface area contributed by atoms with Crippen LogP contribution in [0, 0.1) is 12.8 Å². The summed E-state index contributed by atoms with van der Waals surface area (Å²) < 4.78 is 5.23. The predicted molar refractivity (Wildman–Crippen MR) is 77.8 cm³/mol. The second-order valence-electron chi connectivity index (χ2n) is 5.24. The zero-order valence-electron chi connectivity index (χ0n) is 11.4. The molecule has 1 aliphatic rings. The minimum atomic E-state index is 0.301. The Bertz CT molecular complexity index is 407. The first-order chi connectivity index (χ1) is 8.61. The Labute approximate surface area is 115 Å². The molecule has 0 amide bonds. The molecule has 0 heterocycles. The van der Waals surface area contributed by atoms with Crippen LogP contribution in [0.3, 0.4) is 0 Å². The van der Waals surface area contributed by atoms with Crippen LogP contribution in [-0.2, 0) is 0 Å². The summed E-state index contributed by atoms with van der Waals surface area (Å²) in [6, 6.07) is 6.64. The maximum atomic E-state index is 6.36. The van der Waals surface area contributed by atoms with Gasteiger partial charge in [-0.15, -0.1) is 11.6 Å². The van der Waals surface area contributed by atoms with E-state index < -0.39 is 0 Å². The second kappa shape index (κ2) is 5.83. The van der Waals surface area contributed by atoms with Crippen molar-refractivity contribution in [1.29, 1.82) is 0 Å². The summed E-state index contributed by atoms with van der Waals surface area (Å²) in [6.07, 6.45) is 3.56. The molecular formula is C15H22ClNO. The van der Waals surface area contributed by atoms with Gasteiger partial charge >= 0.3 is 0 Å². The van der Waals surface area contributed by atoms with Crippen LogP contribution in [0.4, 0.5) is 5.69 Å². The van der Waals surface area contributed by atoms with Crippen LogP contribution in [0.5, 0.6) is 5.75 Å². The summed E-state index contributed by atoms with van der Waals surface area (Å²) in [7, 11) is 1.70. The highest BCUT2D eigenvalue weighted by Gasteiger charge is 2.28. The van der Waals surface area contributed by atoms with E-state index >= 15 is 0 Å². The standard InChI is InChI=1S/C15H22ClNO/c1-10-9-12(18-3)7-8-14(10)17-15-6-4-5-13(16)11(15)2/h7-9,11,13,15,17H,4-6H2,1-3H3. The predicted octanol–water partition coefficient (Wildman–Crippen LogP) is 4.21. The SMILES string of the molecule is COc1ccc(NC2CCCC(Cl)C2C)c(C)c1. The molecule has 3 heteroatoms. The number of methoxy groups -OCH3 is 1. The number of aryl methyl sites for hydroxylation is 1. The molecule has 1 aliphatic carbocycles. The lowest BCUT2D eigenvalue weighted by Crippen LogP contribution is -2.36.